The predicted molar refractivity (Wildman–Crippen MR) is 75.7 cm³/mol. The largest absolute Gasteiger partial charge is 0.480 e. The van der Waals surface area contributed by atoms with Crippen molar-refractivity contribution in [3.63, 3.8) is 0 Å². The van der Waals surface area contributed by atoms with Crippen molar-refractivity contribution in [1.82, 2.24) is 9.80 Å². The molecule has 0 aromatic rings. The first-order valence-electron chi connectivity index (χ1n) is 7.17. The van der Waals surface area contributed by atoms with Gasteiger partial charge in [0.1, 0.15) is 12.6 Å². The zero-order valence-electron chi connectivity index (χ0n) is 12.9. The normalized spacial score (nSPS) is 20.5. The molecular formula is C14H24N2O5. The van der Waals surface area contributed by atoms with E-state index in [1.54, 1.807) is 11.8 Å². The van der Waals surface area contributed by atoms with Crippen LogP contribution in [0, 0.1) is 0 Å². The van der Waals surface area contributed by atoms with Gasteiger partial charge < -0.3 is 19.6 Å². The molecule has 1 rings (SSSR count). The quantitative estimate of drug-likeness (QED) is 0.791. The molecule has 1 heterocycles. The number of carbonyl (C=O) groups is 3. The molecule has 2 atom stereocenters. The summed E-state index contributed by atoms with van der Waals surface area (Å²) in [5, 5.41) is 8.90. The first-order valence-corrected chi connectivity index (χ1v) is 7.17. The van der Waals surface area contributed by atoms with E-state index in [-0.39, 0.29) is 24.4 Å². The molecule has 7 heteroatoms. The summed E-state index contributed by atoms with van der Waals surface area (Å²) in [6.07, 6.45) is 1.56. The van der Waals surface area contributed by atoms with Gasteiger partial charge in [-0.3, -0.25) is 14.4 Å². The molecule has 21 heavy (non-hydrogen) atoms. The van der Waals surface area contributed by atoms with Gasteiger partial charge in [-0.1, -0.05) is 0 Å². The van der Waals surface area contributed by atoms with Crippen molar-refractivity contribution in [3.8, 4) is 0 Å². The van der Waals surface area contributed by atoms with Gasteiger partial charge >= 0.3 is 5.97 Å². The van der Waals surface area contributed by atoms with Crippen LogP contribution in [0.4, 0.5) is 0 Å². The van der Waals surface area contributed by atoms with Crippen LogP contribution in [-0.4, -0.2) is 71.6 Å². The molecule has 120 valence electrons. The number of likely N-dealkylation sites (tertiary alicyclic amines) is 1. The number of carboxylic acids is 1. The summed E-state index contributed by atoms with van der Waals surface area (Å²) in [5.41, 5.74) is 0. The van der Waals surface area contributed by atoms with Crippen molar-refractivity contribution >= 4 is 17.8 Å². The number of hydrogen-bond donors (Lipinski definition) is 1. The summed E-state index contributed by atoms with van der Waals surface area (Å²) in [6, 6.07) is -0.130. The lowest BCUT2D eigenvalue weighted by Gasteiger charge is -2.29. The van der Waals surface area contributed by atoms with Gasteiger partial charge in [0.25, 0.3) is 5.91 Å². The minimum Gasteiger partial charge on any atom is -0.480 e. The van der Waals surface area contributed by atoms with E-state index in [2.05, 4.69) is 0 Å². The average molecular weight is 300 g/mol. The van der Waals surface area contributed by atoms with Crippen molar-refractivity contribution in [3.05, 3.63) is 0 Å². The van der Waals surface area contributed by atoms with E-state index in [0.29, 0.717) is 25.9 Å². The Morgan fingerprint density at radius 1 is 1.33 bits per heavy atom. The molecule has 1 saturated heterocycles. The van der Waals surface area contributed by atoms with E-state index in [9.17, 15) is 14.4 Å². The molecule has 0 aliphatic carbocycles. The highest BCUT2D eigenvalue weighted by Gasteiger charge is 2.28. The first kappa shape index (κ1) is 17.4. The van der Waals surface area contributed by atoms with Gasteiger partial charge in [-0.05, 0) is 26.2 Å². The number of aliphatic carboxylic acids is 1. The molecule has 0 radical (unpaired) electrons. The van der Waals surface area contributed by atoms with Crippen molar-refractivity contribution in [2.45, 2.75) is 45.3 Å². The van der Waals surface area contributed by atoms with Crippen molar-refractivity contribution in [1.29, 1.82) is 0 Å². The van der Waals surface area contributed by atoms with E-state index in [4.69, 9.17) is 9.84 Å². The lowest BCUT2D eigenvalue weighted by Crippen LogP contribution is -2.43. The first-order chi connectivity index (χ1) is 9.86. The van der Waals surface area contributed by atoms with E-state index in [0.717, 1.165) is 6.42 Å². The molecule has 0 aromatic carbocycles. The summed E-state index contributed by atoms with van der Waals surface area (Å²) in [4.78, 5) is 37.7. The van der Waals surface area contributed by atoms with E-state index in [1.807, 2.05) is 0 Å². The number of hydrogen-bond acceptors (Lipinski definition) is 4. The van der Waals surface area contributed by atoms with Crippen LogP contribution in [0.2, 0.25) is 0 Å². The Labute approximate surface area is 124 Å². The highest BCUT2D eigenvalue weighted by molar-refractivity contribution is 5.81. The Morgan fingerprint density at radius 3 is 2.52 bits per heavy atom. The third kappa shape index (κ3) is 5.00. The van der Waals surface area contributed by atoms with E-state index >= 15 is 0 Å². The Bertz CT molecular complexity index is 399. The number of ether oxygens (including phenoxy) is 1. The third-order valence-corrected chi connectivity index (χ3v) is 3.86. The lowest BCUT2D eigenvalue weighted by molar-refractivity contribution is -0.145. The molecule has 0 spiro atoms. The fourth-order valence-corrected chi connectivity index (χ4v) is 2.61. The Hall–Kier alpha value is -1.63. The van der Waals surface area contributed by atoms with Gasteiger partial charge in [0.05, 0.1) is 0 Å². The van der Waals surface area contributed by atoms with Crippen LogP contribution in [0.15, 0.2) is 0 Å². The number of nitrogens with zero attached hydrogens (tertiary/aromatic N) is 2. The highest BCUT2D eigenvalue weighted by Crippen LogP contribution is 2.18. The second kappa shape index (κ2) is 7.97. The molecule has 0 bridgehead atoms. The monoisotopic (exact) mass is 300 g/mol. The fourth-order valence-electron chi connectivity index (χ4n) is 2.61. The topological polar surface area (TPSA) is 87.2 Å². The number of carboxylic acid groups (broad SMARTS) is 1. The summed E-state index contributed by atoms with van der Waals surface area (Å²) in [5.74, 6) is -1.33. The van der Waals surface area contributed by atoms with Crippen molar-refractivity contribution in [2.24, 2.45) is 0 Å². The molecule has 1 fully saturated rings. The van der Waals surface area contributed by atoms with Crippen LogP contribution in [0.1, 0.15) is 33.1 Å². The van der Waals surface area contributed by atoms with Crippen molar-refractivity contribution < 1.29 is 24.2 Å². The van der Waals surface area contributed by atoms with Gasteiger partial charge in [-0.15, -0.1) is 0 Å². The molecule has 1 aliphatic rings. The number of methoxy groups -OCH3 is 1. The number of amides is 2. The number of carbonyl (C=O) groups excluding carboxylic acids is 2. The van der Waals surface area contributed by atoms with Crippen LogP contribution in [-0.2, 0) is 19.1 Å². The Balaban J connectivity index is 2.68. The van der Waals surface area contributed by atoms with Gasteiger partial charge in [-0.25, -0.2) is 0 Å². The minimum absolute atomic E-state index is 0.0641. The smallest absolute Gasteiger partial charge is 0.323 e. The molecule has 7 nitrogen and oxygen atoms in total. The summed E-state index contributed by atoms with van der Waals surface area (Å²) < 4.78 is 5.04. The molecule has 0 unspecified atom stereocenters. The van der Waals surface area contributed by atoms with Crippen LogP contribution in [0.5, 0.6) is 0 Å². The zero-order chi connectivity index (χ0) is 16.0. The third-order valence-electron chi connectivity index (χ3n) is 3.86. The van der Waals surface area contributed by atoms with Crippen molar-refractivity contribution in [2.75, 3.05) is 26.7 Å². The Kier molecular flexibility index (Phi) is 6.61. The molecule has 0 aromatic heterocycles. The van der Waals surface area contributed by atoms with Crippen LogP contribution < -0.4 is 0 Å². The second-order valence-electron chi connectivity index (χ2n) is 5.33. The highest BCUT2D eigenvalue weighted by atomic mass is 16.5. The van der Waals surface area contributed by atoms with Crippen LogP contribution in [0.3, 0.4) is 0 Å². The van der Waals surface area contributed by atoms with Crippen LogP contribution in [0.25, 0.3) is 0 Å². The molecule has 1 N–H and O–H groups in total. The molecule has 1 aliphatic heterocycles. The Morgan fingerprint density at radius 2 is 2.00 bits per heavy atom. The summed E-state index contributed by atoms with van der Waals surface area (Å²) in [7, 11) is 1.49. The lowest BCUT2D eigenvalue weighted by atomic mass is 10.1. The minimum atomic E-state index is -1.02. The van der Waals surface area contributed by atoms with E-state index in [1.165, 1.54) is 18.9 Å². The van der Waals surface area contributed by atoms with Gasteiger partial charge in [0.2, 0.25) is 5.91 Å². The van der Waals surface area contributed by atoms with Gasteiger partial charge in [0.15, 0.2) is 0 Å². The van der Waals surface area contributed by atoms with Gasteiger partial charge in [0, 0.05) is 33.2 Å². The van der Waals surface area contributed by atoms with Gasteiger partial charge in [-0.2, -0.15) is 0 Å². The SMILES string of the molecule is CO[C@@H](C)C(=O)N1CCC[C@H](N(CC(=O)O)C(C)=O)CC1. The standard InChI is InChI=1S/C14H24N2O5/c1-10(21-3)14(20)15-7-4-5-12(6-8-15)16(11(2)17)9-13(18)19/h10,12H,4-9H2,1-3H3,(H,18,19)/t10-,12-/m0/s1. The maximum absolute atomic E-state index is 12.1. The molecule has 0 saturated carbocycles. The summed E-state index contributed by atoms with van der Waals surface area (Å²) >= 11 is 0. The molecule has 2 amide bonds. The maximum Gasteiger partial charge on any atom is 0.323 e. The molecular weight excluding hydrogens is 276 g/mol. The van der Waals surface area contributed by atoms with E-state index < -0.39 is 12.1 Å². The average Bonchev–Trinajstić information content (AvgIpc) is 2.68. The predicted octanol–water partition coefficient (Wildman–Crippen LogP) is 0.336. The number of rotatable bonds is 5. The second-order valence-corrected chi connectivity index (χ2v) is 5.33. The van der Waals surface area contributed by atoms with Crippen LogP contribution >= 0.6 is 0 Å². The fraction of sp³-hybridized carbons (Fsp3) is 0.786. The maximum atomic E-state index is 12.1. The zero-order valence-corrected chi connectivity index (χ0v) is 12.9. The summed E-state index contributed by atoms with van der Waals surface area (Å²) in [6.45, 7) is 3.92.